The zero-order chi connectivity index (χ0) is 16.0. The summed E-state index contributed by atoms with van der Waals surface area (Å²) in [6.45, 7) is 8.04. The second-order valence-electron chi connectivity index (χ2n) is 5.58. The van der Waals surface area contributed by atoms with E-state index in [1.165, 1.54) is 6.07 Å². The lowest BCUT2D eigenvalue weighted by atomic mass is 10.0. The van der Waals surface area contributed by atoms with Crippen LogP contribution in [0.4, 0.5) is 4.39 Å². The van der Waals surface area contributed by atoms with E-state index in [4.69, 9.17) is 15.9 Å². The molecule has 116 valence electrons. The molecule has 0 bridgehead atoms. The number of hydrogen-bond donors (Lipinski definition) is 2. The molecule has 1 rings (SSSR count). The number of hydrogen-bond acceptors (Lipinski definition) is 3. The molecule has 0 heterocycles. The highest BCUT2D eigenvalue weighted by atomic mass is 19.1. The molecule has 0 aromatic heterocycles. The van der Waals surface area contributed by atoms with Gasteiger partial charge in [0, 0.05) is 11.4 Å². The minimum Gasteiger partial charge on any atom is -0.490 e. The lowest BCUT2D eigenvalue weighted by molar-refractivity contribution is 0.295. The van der Waals surface area contributed by atoms with E-state index in [0.717, 1.165) is 11.1 Å². The van der Waals surface area contributed by atoms with Gasteiger partial charge in [-0.2, -0.15) is 0 Å². The largest absolute Gasteiger partial charge is 0.490 e. The summed E-state index contributed by atoms with van der Waals surface area (Å²) in [5.74, 6) is 0.291. The number of nitrogens with two attached hydrogens (primary N) is 1. The molecule has 0 amide bonds. The first-order valence-corrected chi connectivity index (χ1v) is 7.26. The highest BCUT2D eigenvalue weighted by molar-refractivity contribution is 5.96. The van der Waals surface area contributed by atoms with Crippen LogP contribution < -0.4 is 10.5 Å². The van der Waals surface area contributed by atoms with Crippen LogP contribution in [0.5, 0.6) is 5.75 Å². The maximum Gasteiger partial charge on any atom is 0.165 e. The molecule has 0 fully saturated rings. The fourth-order valence-corrected chi connectivity index (χ4v) is 2.10. The van der Waals surface area contributed by atoms with Gasteiger partial charge in [0.05, 0.1) is 6.61 Å². The molecule has 3 N–H and O–H groups in total. The summed E-state index contributed by atoms with van der Waals surface area (Å²) in [6.07, 6.45) is 1.37. The van der Waals surface area contributed by atoms with Gasteiger partial charge < -0.3 is 15.9 Å². The van der Waals surface area contributed by atoms with Crippen LogP contribution in [0.2, 0.25) is 0 Å². The lowest BCUT2D eigenvalue weighted by Gasteiger charge is -2.12. The summed E-state index contributed by atoms with van der Waals surface area (Å²) in [6, 6.07) is 4.98. The van der Waals surface area contributed by atoms with Gasteiger partial charge in [-0.3, -0.25) is 0 Å². The Bertz CT molecular complexity index is 532. The number of benzene rings is 1. The highest BCUT2D eigenvalue weighted by Crippen LogP contribution is 2.24. The van der Waals surface area contributed by atoms with Crippen molar-refractivity contribution in [1.82, 2.24) is 0 Å². The molecular weight excluding hydrogens is 267 g/mol. The van der Waals surface area contributed by atoms with Crippen molar-refractivity contribution < 1.29 is 9.13 Å². The summed E-state index contributed by atoms with van der Waals surface area (Å²) in [5.41, 5.74) is 8.78. The van der Waals surface area contributed by atoms with Gasteiger partial charge in [0.25, 0.3) is 0 Å². The summed E-state index contributed by atoms with van der Waals surface area (Å²) < 4.78 is 19.2. The monoisotopic (exact) mass is 292 g/mol. The molecule has 3 nitrogen and oxygen atoms in total. The van der Waals surface area contributed by atoms with Crippen molar-refractivity contribution in [3.63, 3.8) is 0 Å². The second kappa shape index (κ2) is 7.81. The van der Waals surface area contributed by atoms with Crippen molar-refractivity contribution in [2.45, 2.75) is 46.5 Å². The van der Waals surface area contributed by atoms with E-state index in [-0.39, 0.29) is 5.82 Å². The van der Waals surface area contributed by atoms with Gasteiger partial charge >= 0.3 is 0 Å². The third-order valence-corrected chi connectivity index (χ3v) is 3.38. The Morgan fingerprint density at radius 1 is 1.33 bits per heavy atom. The summed E-state index contributed by atoms with van der Waals surface area (Å²) in [4.78, 5) is 0. The van der Waals surface area contributed by atoms with E-state index in [9.17, 15) is 4.39 Å². The molecule has 1 aromatic rings. The first-order chi connectivity index (χ1) is 9.82. The zero-order valence-electron chi connectivity index (χ0n) is 13.3. The maximum absolute atomic E-state index is 13.7. The van der Waals surface area contributed by atoms with Crippen LogP contribution in [-0.2, 0) is 0 Å². The predicted molar refractivity (Wildman–Crippen MR) is 85.5 cm³/mol. The average Bonchev–Trinajstić information content (AvgIpc) is 2.39. The first-order valence-electron chi connectivity index (χ1n) is 7.26. The fraction of sp³-hybridized carbons (Fsp3) is 0.471. The summed E-state index contributed by atoms with van der Waals surface area (Å²) in [5, 5.41) is 7.65. The molecule has 21 heavy (non-hydrogen) atoms. The third-order valence-electron chi connectivity index (χ3n) is 3.38. The smallest absolute Gasteiger partial charge is 0.165 e. The molecule has 0 saturated carbocycles. The normalized spacial score (nSPS) is 12.3. The number of nitrogens with one attached hydrogen (secondary N) is 1. The minimum absolute atomic E-state index is 0.294. The van der Waals surface area contributed by atoms with Gasteiger partial charge in [-0.15, -0.1) is 0 Å². The molecule has 0 aliphatic rings. The molecule has 0 atom stereocenters. The van der Waals surface area contributed by atoms with Crippen molar-refractivity contribution in [2.75, 3.05) is 6.61 Å². The quantitative estimate of drug-likeness (QED) is 0.578. The summed E-state index contributed by atoms with van der Waals surface area (Å²) >= 11 is 0. The Morgan fingerprint density at radius 2 is 2.00 bits per heavy atom. The maximum atomic E-state index is 13.7. The fourth-order valence-electron chi connectivity index (χ4n) is 2.10. The van der Waals surface area contributed by atoms with Crippen molar-refractivity contribution in [2.24, 2.45) is 5.73 Å². The van der Waals surface area contributed by atoms with Crippen molar-refractivity contribution in [3.05, 3.63) is 40.8 Å². The van der Waals surface area contributed by atoms with E-state index < -0.39 is 0 Å². The van der Waals surface area contributed by atoms with Crippen LogP contribution in [0.3, 0.4) is 0 Å². The highest BCUT2D eigenvalue weighted by Gasteiger charge is 2.08. The van der Waals surface area contributed by atoms with Gasteiger partial charge in [-0.05, 0) is 55.9 Å². The van der Waals surface area contributed by atoms with E-state index in [2.05, 4.69) is 13.8 Å². The second-order valence-corrected chi connectivity index (χ2v) is 5.58. The molecule has 0 spiro atoms. The molecule has 4 heteroatoms. The Hall–Kier alpha value is -1.84. The van der Waals surface area contributed by atoms with Gasteiger partial charge in [0.2, 0.25) is 0 Å². The van der Waals surface area contributed by atoms with E-state index in [1.54, 1.807) is 26.0 Å². The van der Waals surface area contributed by atoms with Crippen LogP contribution in [0.1, 0.15) is 52.0 Å². The van der Waals surface area contributed by atoms with E-state index >= 15 is 0 Å². The van der Waals surface area contributed by atoms with Crippen LogP contribution >= 0.6 is 0 Å². The lowest BCUT2D eigenvalue weighted by Crippen LogP contribution is -2.08. The topological polar surface area (TPSA) is 59.1 Å². The third kappa shape index (κ3) is 5.21. The number of rotatable bonds is 7. The van der Waals surface area contributed by atoms with Crippen LogP contribution in [0, 0.1) is 11.2 Å². The Labute approximate surface area is 126 Å². The van der Waals surface area contributed by atoms with Crippen molar-refractivity contribution in [3.8, 4) is 5.75 Å². The van der Waals surface area contributed by atoms with Crippen LogP contribution in [-0.4, -0.2) is 12.3 Å². The predicted octanol–water partition coefficient (Wildman–Crippen LogP) is 4.38. The Kier molecular flexibility index (Phi) is 6.40. The molecule has 1 aromatic carbocycles. The molecule has 0 aliphatic carbocycles. The number of ether oxygens (including phenoxy) is 1. The SMILES string of the molecule is CC(=N)/C(CCCOc1cc(C(C)C)ccc1F)=C(/C)N. The van der Waals surface area contributed by atoms with E-state index in [0.29, 0.717) is 42.5 Å². The van der Waals surface area contributed by atoms with Crippen molar-refractivity contribution in [1.29, 1.82) is 5.41 Å². The van der Waals surface area contributed by atoms with Crippen LogP contribution in [0.15, 0.2) is 29.5 Å². The molecule has 0 saturated heterocycles. The number of allylic oxidation sites excluding steroid dienone is 2. The molecular formula is C17H25FN2O. The summed E-state index contributed by atoms with van der Waals surface area (Å²) in [7, 11) is 0. The Balaban J connectivity index is 2.59. The van der Waals surface area contributed by atoms with Gasteiger partial charge in [0.15, 0.2) is 11.6 Å². The average molecular weight is 292 g/mol. The van der Waals surface area contributed by atoms with Crippen LogP contribution in [0.25, 0.3) is 0 Å². The molecule has 0 aliphatic heterocycles. The Morgan fingerprint density at radius 3 is 2.52 bits per heavy atom. The first kappa shape index (κ1) is 17.2. The standard InChI is InChI=1S/C17H25FN2O/c1-11(2)14-7-8-16(18)17(10-14)21-9-5-6-15(12(3)19)13(4)20/h7-8,10-11,19H,5-6,9,20H2,1-4H3/b15-13-,19-12?. The van der Waals surface area contributed by atoms with Gasteiger partial charge in [-0.1, -0.05) is 19.9 Å². The zero-order valence-corrected chi connectivity index (χ0v) is 13.3. The van der Waals surface area contributed by atoms with Gasteiger partial charge in [0.1, 0.15) is 0 Å². The minimum atomic E-state index is -0.339. The van der Waals surface area contributed by atoms with Gasteiger partial charge in [-0.25, -0.2) is 4.39 Å². The van der Waals surface area contributed by atoms with E-state index in [1.807, 2.05) is 0 Å². The number of halogens is 1. The van der Waals surface area contributed by atoms with Crippen molar-refractivity contribution >= 4 is 5.71 Å². The molecule has 0 unspecified atom stereocenters. The molecule has 0 radical (unpaired) electrons.